The summed E-state index contributed by atoms with van der Waals surface area (Å²) in [7, 11) is 1.56. The number of carbonyl (C=O) groups is 1. The first-order valence-corrected chi connectivity index (χ1v) is 7.28. The largest absolute Gasteiger partial charge is 0.497 e. The molecule has 0 unspecified atom stereocenters. The van der Waals surface area contributed by atoms with Crippen LogP contribution in [0.3, 0.4) is 0 Å². The molecule has 0 aliphatic carbocycles. The van der Waals surface area contributed by atoms with Crippen molar-refractivity contribution >= 4 is 23.2 Å². The fourth-order valence-electron chi connectivity index (χ4n) is 2.03. The molecule has 0 bridgehead atoms. The van der Waals surface area contributed by atoms with Crippen LogP contribution in [0.25, 0.3) is 5.69 Å². The molecule has 8 heteroatoms. The molecule has 0 atom stereocenters. The molecule has 0 saturated carbocycles. The molecule has 122 valence electrons. The van der Waals surface area contributed by atoms with Gasteiger partial charge in [-0.2, -0.15) is 0 Å². The van der Waals surface area contributed by atoms with Crippen molar-refractivity contribution in [2.24, 2.45) is 0 Å². The molecular weight excluding hydrogens is 335 g/mol. The number of rotatable bonds is 4. The molecule has 0 radical (unpaired) electrons. The van der Waals surface area contributed by atoms with Crippen molar-refractivity contribution in [1.82, 2.24) is 15.0 Å². The van der Waals surface area contributed by atoms with Gasteiger partial charge in [0.05, 0.1) is 29.7 Å². The first-order valence-electron chi connectivity index (χ1n) is 6.90. The summed E-state index contributed by atoms with van der Waals surface area (Å²) in [5.74, 6) is -0.508. The quantitative estimate of drug-likeness (QED) is 0.786. The van der Waals surface area contributed by atoms with E-state index < -0.39 is 11.7 Å². The third kappa shape index (κ3) is 3.21. The Morgan fingerprint density at radius 3 is 2.88 bits per heavy atom. The summed E-state index contributed by atoms with van der Waals surface area (Å²) < 4.78 is 20.0. The fourth-order valence-corrected chi connectivity index (χ4v) is 2.21. The Morgan fingerprint density at radius 2 is 2.08 bits per heavy atom. The smallest absolute Gasteiger partial charge is 0.277 e. The van der Waals surface area contributed by atoms with E-state index in [4.69, 9.17) is 16.3 Å². The van der Waals surface area contributed by atoms with Crippen LogP contribution < -0.4 is 10.1 Å². The highest BCUT2D eigenvalue weighted by atomic mass is 35.5. The molecular formula is C16H12ClFN4O2. The third-order valence-electron chi connectivity index (χ3n) is 3.24. The van der Waals surface area contributed by atoms with Gasteiger partial charge in [-0.15, -0.1) is 5.10 Å². The second-order valence-corrected chi connectivity index (χ2v) is 5.18. The first-order chi connectivity index (χ1) is 11.6. The van der Waals surface area contributed by atoms with Crippen LogP contribution in [0.2, 0.25) is 5.02 Å². The minimum absolute atomic E-state index is 0.0677. The van der Waals surface area contributed by atoms with E-state index in [2.05, 4.69) is 15.6 Å². The molecule has 0 spiro atoms. The number of hydrogen-bond acceptors (Lipinski definition) is 4. The van der Waals surface area contributed by atoms with Crippen LogP contribution in [0, 0.1) is 5.82 Å². The molecule has 0 aliphatic rings. The highest BCUT2D eigenvalue weighted by Crippen LogP contribution is 2.25. The number of anilines is 1. The average molecular weight is 347 g/mol. The Hall–Kier alpha value is -2.93. The van der Waals surface area contributed by atoms with Gasteiger partial charge in [-0.3, -0.25) is 4.79 Å². The number of ether oxygens (including phenoxy) is 1. The van der Waals surface area contributed by atoms with Crippen LogP contribution in [0.4, 0.5) is 10.1 Å². The Labute approximate surface area is 141 Å². The maximum atomic E-state index is 13.4. The molecule has 3 rings (SSSR count). The van der Waals surface area contributed by atoms with E-state index in [1.165, 1.54) is 29.1 Å². The Kier molecular flexibility index (Phi) is 4.43. The highest BCUT2D eigenvalue weighted by Gasteiger charge is 2.14. The van der Waals surface area contributed by atoms with Crippen LogP contribution in [-0.2, 0) is 0 Å². The third-order valence-corrected chi connectivity index (χ3v) is 3.63. The number of carbonyl (C=O) groups excluding carboxylic acids is 1. The molecule has 1 aromatic heterocycles. The van der Waals surface area contributed by atoms with Gasteiger partial charge in [0, 0.05) is 6.07 Å². The number of hydrogen-bond donors (Lipinski definition) is 1. The van der Waals surface area contributed by atoms with Gasteiger partial charge in [0.15, 0.2) is 5.69 Å². The molecule has 6 nitrogen and oxygen atoms in total. The first kappa shape index (κ1) is 15.9. The number of nitrogens with one attached hydrogen (secondary N) is 1. The van der Waals surface area contributed by atoms with Gasteiger partial charge in [-0.25, -0.2) is 9.07 Å². The monoisotopic (exact) mass is 346 g/mol. The maximum Gasteiger partial charge on any atom is 0.277 e. The van der Waals surface area contributed by atoms with Crippen molar-refractivity contribution < 1.29 is 13.9 Å². The van der Waals surface area contributed by atoms with E-state index in [0.717, 1.165) is 0 Å². The zero-order valence-electron chi connectivity index (χ0n) is 12.5. The molecule has 1 amide bonds. The van der Waals surface area contributed by atoms with Crippen LogP contribution >= 0.6 is 11.6 Å². The van der Waals surface area contributed by atoms with Crippen LogP contribution in [0.5, 0.6) is 5.75 Å². The average Bonchev–Trinajstić information content (AvgIpc) is 3.09. The van der Waals surface area contributed by atoms with Gasteiger partial charge >= 0.3 is 0 Å². The molecule has 24 heavy (non-hydrogen) atoms. The predicted molar refractivity (Wildman–Crippen MR) is 87.3 cm³/mol. The number of methoxy groups -OCH3 is 1. The van der Waals surface area contributed by atoms with Gasteiger partial charge in [0.2, 0.25) is 0 Å². The van der Waals surface area contributed by atoms with Crippen LogP contribution in [0.15, 0.2) is 48.7 Å². The summed E-state index contributed by atoms with van der Waals surface area (Å²) in [6.07, 6.45) is 1.46. The van der Waals surface area contributed by atoms with E-state index in [9.17, 15) is 9.18 Å². The summed E-state index contributed by atoms with van der Waals surface area (Å²) in [5.41, 5.74) is 0.917. The van der Waals surface area contributed by atoms with Crippen molar-refractivity contribution in [1.29, 1.82) is 0 Å². The van der Waals surface area contributed by atoms with Crippen LogP contribution in [0.1, 0.15) is 10.5 Å². The van der Waals surface area contributed by atoms with Crippen molar-refractivity contribution in [3.05, 3.63) is 65.2 Å². The van der Waals surface area contributed by atoms with Crippen molar-refractivity contribution in [2.45, 2.75) is 0 Å². The topological polar surface area (TPSA) is 69.0 Å². The van der Waals surface area contributed by atoms with Gasteiger partial charge in [0.1, 0.15) is 11.6 Å². The number of nitrogens with zero attached hydrogens (tertiary/aromatic N) is 3. The lowest BCUT2D eigenvalue weighted by Crippen LogP contribution is -2.13. The molecule has 0 fully saturated rings. The van der Waals surface area contributed by atoms with Crippen molar-refractivity contribution in [2.75, 3.05) is 12.4 Å². The lowest BCUT2D eigenvalue weighted by molar-refractivity contribution is 0.102. The molecule has 2 aromatic carbocycles. The number of halogens is 2. The summed E-state index contributed by atoms with van der Waals surface area (Å²) in [5, 5.41) is 10.1. The lowest BCUT2D eigenvalue weighted by Gasteiger charge is -2.05. The van der Waals surface area contributed by atoms with E-state index in [1.54, 1.807) is 31.4 Å². The second kappa shape index (κ2) is 6.67. The maximum absolute atomic E-state index is 13.4. The predicted octanol–water partition coefficient (Wildman–Crippen LogP) is 3.32. The van der Waals surface area contributed by atoms with E-state index in [0.29, 0.717) is 11.4 Å². The van der Waals surface area contributed by atoms with Crippen molar-refractivity contribution in [3.8, 4) is 11.4 Å². The molecule has 0 saturated heterocycles. The minimum atomic E-state index is -0.616. The molecule has 1 N–H and O–H groups in total. The van der Waals surface area contributed by atoms with Gasteiger partial charge in [-0.05, 0) is 24.3 Å². The Morgan fingerprint density at radius 1 is 1.29 bits per heavy atom. The molecule has 3 aromatic rings. The number of amides is 1. The zero-order chi connectivity index (χ0) is 17.1. The number of aromatic nitrogens is 3. The highest BCUT2D eigenvalue weighted by molar-refractivity contribution is 6.34. The second-order valence-electron chi connectivity index (χ2n) is 4.81. The summed E-state index contributed by atoms with van der Waals surface area (Å²) in [6, 6.07) is 11.3. The van der Waals surface area contributed by atoms with Gasteiger partial charge < -0.3 is 10.1 Å². The fraction of sp³-hybridized carbons (Fsp3) is 0.0625. The summed E-state index contributed by atoms with van der Waals surface area (Å²) >= 11 is 5.81. The van der Waals surface area contributed by atoms with Gasteiger partial charge in [-0.1, -0.05) is 28.9 Å². The zero-order valence-corrected chi connectivity index (χ0v) is 13.3. The van der Waals surface area contributed by atoms with Crippen LogP contribution in [-0.4, -0.2) is 28.0 Å². The molecule has 1 heterocycles. The lowest BCUT2D eigenvalue weighted by atomic mass is 10.3. The summed E-state index contributed by atoms with van der Waals surface area (Å²) in [4.78, 5) is 12.2. The Bertz CT molecular complexity index is 897. The van der Waals surface area contributed by atoms with E-state index in [-0.39, 0.29) is 16.4 Å². The number of benzene rings is 2. The normalized spacial score (nSPS) is 10.5. The van der Waals surface area contributed by atoms with Gasteiger partial charge in [0.25, 0.3) is 5.91 Å². The molecule has 0 aliphatic heterocycles. The Balaban J connectivity index is 1.82. The van der Waals surface area contributed by atoms with Crippen molar-refractivity contribution in [3.63, 3.8) is 0 Å². The standard InChI is InChI=1S/C16H12ClFN4O2/c1-24-11-5-2-4-10(8-11)22-9-14(20-21-22)16(23)19-13-7-3-6-12(18)15(13)17/h2-9H,1H3,(H,19,23). The van der Waals surface area contributed by atoms with E-state index in [1.807, 2.05) is 0 Å². The van der Waals surface area contributed by atoms with E-state index >= 15 is 0 Å². The SMILES string of the molecule is COc1cccc(-n2cc(C(=O)Nc3cccc(F)c3Cl)nn2)c1. The minimum Gasteiger partial charge on any atom is -0.497 e. The summed E-state index contributed by atoms with van der Waals surface area (Å²) in [6.45, 7) is 0.